The molecule has 1 fully saturated rings. The summed E-state index contributed by atoms with van der Waals surface area (Å²) in [5.41, 5.74) is 2.50. The molecular formula is C16H18N2O3S2. The first-order valence-corrected chi connectivity index (χ1v) is 10.1. The number of nitrogens with zero attached hydrogens (tertiary/aromatic N) is 1. The Morgan fingerprint density at radius 3 is 2.43 bits per heavy atom. The molecule has 1 amide bonds. The number of amides is 1. The maximum Gasteiger partial charge on any atom is 0.255 e. The average molecular weight is 350 g/mol. The third-order valence-electron chi connectivity index (χ3n) is 3.84. The van der Waals surface area contributed by atoms with E-state index in [9.17, 15) is 13.2 Å². The van der Waals surface area contributed by atoms with Gasteiger partial charge in [-0.25, -0.2) is 8.42 Å². The van der Waals surface area contributed by atoms with Crippen molar-refractivity contribution in [1.82, 2.24) is 4.90 Å². The van der Waals surface area contributed by atoms with Crippen molar-refractivity contribution in [2.45, 2.75) is 6.54 Å². The molecule has 1 aliphatic rings. The van der Waals surface area contributed by atoms with E-state index in [0.717, 1.165) is 11.3 Å². The van der Waals surface area contributed by atoms with Gasteiger partial charge >= 0.3 is 0 Å². The molecule has 1 aromatic heterocycles. The fourth-order valence-electron chi connectivity index (χ4n) is 2.47. The molecule has 122 valence electrons. The number of rotatable bonds is 4. The van der Waals surface area contributed by atoms with Gasteiger partial charge in [-0.15, -0.1) is 0 Å². The minimum atomic E-state index is -2.84. The fourth-order valence-corrected chi connectivity index (χ4v) is 4.33. The number of thiophene rings is 1. The van der Waals surface area contributed by atoms with E-state index in [0.29, 0.717) is 25.2 Å². The first kappa shape index (κ1) is 16.2. The lowest BCUT2D eigenvalue weighted by molar-refractivity contribution is 0.102. The molecule has 23 heavy (non-hydrogen) atoms. The van der Waals surface area contributed by atoms with Crippen molar-refractivity contribution in [2.24, 2.45) is 0 Å². The number of nitrogens with one attached hydrogen (secondary N) is 1. The standard InChI is InChI=1S/C16H18N2O3S2/c19-16(17-15-5-8-22-12-15)14-3-1-13(2-4-14)11-18-6-9-23(20,21)10-7-18/h1-5,8,12H,6-7,9-11H2,(H,17,19). The highest BCUT2D eigenvalue weighted by atomic mass is 32.2. The lowest BCUT2D eigenvalue weighted by atomic mass is 10.1. The van der Waals surface area contributed by atoms with E-state index in [-0.39, 0.29) is 17.4 Å². The molecule has 1 N–H and O–H groups in total. The van der Waals surface area contributed by atoms with Crippen LogP contribution in [0.5, 0.6) is 0 Å². The molecule has 0 aliphatic carbocycles. The molecule has 0 unspecified atom stereocenters. The Labute approximate surface area is 139 Å². The van der Waals surface area contributed by atoms with Crippen LogP contribution in [0.15, 0.2) is 41.1 Å². The van der Waals surface area contributed by atoms with Crippen LogP contribution in [0.4, 0.5) is 5.69 Å². The second kappa shape index (κ2) is 6.82. The molecule has 0 atom stereocenters. The first-order valence-electron chi connectivity index (χ1n) is 7.37. The van der Waals surface area contributed by atoms with E-state index in [1.165, 1.54) is 11.3 Å². The summed E-state index contributed by atoms with van der Waals surface area (Å²) in [6.07, 6.45) is 0. The molecule has 0 saturated carbocycles. The summed E-state index contributed by atoms with van der Waals surface area (Å²) in [7, 11) is -2.84. The first-order chi connectivity index (χ1) is 11.0. The quantitative estimate of drug-likeness (QED) is 0.918. The van der Waals surface area contributed by atoms with E-state index in [4.69, 9.17) is 0 Å². The number of hydrogen-bond acceptors (Lipinski definition) is 5. The van der Waals surface area contributed by atoms with Gasteiger partial charge in [-0.3, -0.25) is 9.69 Å². The smallest absolute Gasteiger partial charge is 0.255 e. The lowest BCUT2D eigenvalue weighted by Gasteiger charge is -2.26. The summed E-state index contributed by atoms with van der Waals surface area (Å²) in [5, 5.41) is 6.64. The molecule has 5 nitrogen and oxygen atoms in total. The van der Waals surface area contributed by atoms with Gasteiger partial charge in [0.1, 0.15) is 0 Å². The minimum Gasteiger partial charge on any atom is -0.321 e. The zero-order valence-corrected chi connectivity index (χ0v) is 14.2. The Balaban J connectivity index is 1.58. The van der Waals surface area contributed by atoms with Gasteiger partial charge in [-0.05, 0) is 29.1 Å². The molecule has 2 heterocycles. The number of carbonyl (C=O) groups is 1. The number of benzene rings is 1. The van der Waals surface area contributed by atoms with Gasteiger partial charge < -0.3 is 5.32 Å². The predicted molar refractivity (Wildman–Crippen MR) is 92.6 cm³/mol. The Morgan fingerprint density at radius 1 is 1.13 bits per heavy atom. The SMILES string of the molecule is O=C(Nc1ccsc1)c1ccc(CN2CCS(=O)(=O)CC2)cc1. The topological polar surface area (TPSA) is 66.5 Å². The van der Waals surface area contributed by atoms with Crippen molar-refractivity contribution in [2.75, 3.05) is 29.9 Å². The van der Waals surface area contributed by atoms with Gasteiger partial charge in [-0.2, -0.15) is 11.3 Å². The Morgan fingerprint density at radius 2 is 1.83 bits per heavy atom. The van der Waals surface area contributed by atoms with Crippen LogP contribution in [0.3, 0.4) is 0 Å². The average Bonchev–Trinajstić information content (AvgIpc) is 3.03. The minimum absolute atomic E-state index is 0.126. The van der Waals surface area contributed by atoms with Crippen LogP contribution in [-0.2, 0) is 16.4 Å². The summed E-state index contributed by atoms with van der Waals surface area (Å²) in [6.45, 7) is 1.85. The number of anilines is 1. The van der Waals surface area contributed by atoms with Gasteiger partial charge in [0.2, 0.25) is 0 Å². The van der Waals surface area contributed by atoms with E-state index >= 15 is 0 Å². The molecule has 7 heteroatoms. The largest absolute Gasteiger partial charge is 0.321 e. The number of sulfone groups is 1. The molecule has 0 radical (unpaired) electrons. The number of hydrogen-bond donors (Lipinski definition) is 1. The van der Waals surface area contributed by atoms with Crippen molar-refractivity contribution < 1.29 is 13.2 Å². The second-order valence-electron chi connectivity index (χ2n) is 5.59. The van der Waals surface area contributed by atoms with Gasteiger partial charge in [0.05, 0.1) is 17.2 Å². The van der Waals surface area contributed by atoms with Gasteiger partial charge in [-0.1, -0.05) is 12.1 Å². The van der Waals surface area contributed by atoms with Crippen molar-refractivity contribution in [3.63, 3.8) is 0 Å². The molecule has 0 spiro atoms. The second-order valence-corrected chi connectivity index (χ2v) is 8.67. The molecule has 3 rings (SSSR count). The Kier molecular flexibility index (Phi) is 4.79. The molecule has 1 aromatic carbocycles. The summed E-state index contributed by atoms with van der Waals surface area (Å²) in [6, 6.07) is 9.31. The molecule has 2 aromatic rings. The van der Waals surface area contributed by atoms with Crippen LogP contribution in [0, 0.1) is 0 Å². The van der Waals surface area contributed by atoms with E-state index in [2.05, 4.69) is 10.2 Å². The van der Waals surface area contributed by atoms with Crippen LogP contribution >= 0.6 is 11.3 Å². The normalized spacial score (nSPS) is 17.7. The van der Waals surface area contributed by atoms with Crippen LogP contribution in [0.2, 0.25) is 0 Å². The van der Waals surface area contributed by atoms with Gasteiger partial charge in [0, 0.05) is 30.6 Å². The van der Waals surface area contributed by atoms with Crippen molar-refractivity contribution in [3.05, 3.63) is 52.2 Å². The monoisotopic (exact) mass is 350 g/mol. The Bertz CT molecular complexity index is 754. The maximum absolute atomic E-state index is 12.1. The third-order valence-corrected chi connectivity index (χ3v) is 6.13. The van der Waals surface area contributed by atoms with E-state index < -0.39 is 9.84 Å². The third kappa shape index (κ3) is 4.40. The van der Waals surface area contributed by atoms with Crippen LogP contribution in [0.1, 0.15) is 15.9 Å². The van der Waals surface area contributed by atoms with Crippen LogP contribution < -0.4 is 5.32 Å². The molecule has 1 aliphatic heterocycles. The zero-order valence-electron chi connectivity index (χ0n) is 12.6. The van der Waals surface area contributed by atoms with Gasteiger partial charge in [0.15, 0.2) is 9.84 Å². The highest BCUT2D eigenvalue weighted by molar-refractivity contribution is 7.91. The van der Waals surface area contributed by atoms with Crippen LogP contribution in [0.25, 0.3) is 0 Å². The highest BCUT2D eigenvalue weighted by Gasteiger charge is 2.21. The van der Waals surface area contributed by atoms with E-state index in [1.54, 1.807) is 12.1 Å². The van der Waals surface area contributed by atoms with Crippen molar-refractivity contribution >= 4 is 32.8 Å². The van der Waals surface area contributed by atoms with Crippen LogP contribution in [-0.4, -0.2) is 43.8 Å². The predicted octanol–water partition coefficient (Wildman–Crippen LogP) is 2.23. The molecule has 1 saturated heterocycles. The highest BCUT2D eigenvalue weighted by Crippen LogP contribution is 2.15. The summed E-state index contributed by atoms with van der Waals surface area (Å²) < 4.78 is 22.9. The fraction of sp³-hybridized carbons (Fsp3) is 0.312. The molecule has 0 bridgehead atoms. The van der Waals surface area contributed by atoms with E-state index in [1.807, 2.05) is 29.0 Å². The van der Waals surface area contributed by atoms with Crippen molar-refractivity contribution in [1.29, 1.82) is 0 Å². The molecular weight excluding hydrogens is 332 g/mol. The zero-order chi connectivity index (χ0) is 16.3. The maximum atomic E-state index is 12.1. The summed E-state index contributed by atoms with van der Waals surface area (Å²) in [4.78, 5) is 14.2. The summed E-state index contributed by atoms with van der Waals surface area (Å²) in [5.74, 6) is 0.335. The lowest BCUT2D eigenvalue weighted by Crippen LogP contribution is -2.39. The van der Waals surface area contributed by atoms with Crippen molar-refractivity contribution in [3.8, 4) is 0 Å². The Hall–Kier alpha value is -1.70. The number of carbonyl (C=O) groups excluding carboxylic acids is 1. The summed E-state index contributed by atoms with van der Waals surface area (Å²) >= 11 is 1.54. The van der Waals surface area contributed by atoms with Gasteiger partial charge in [0.25, 0.3) is 5.91 Å².